The number of amides is 1. The van der Waals surface area contributed by atoms with E-state index in [1.54, 1.807) is 27.4 Å². The van der Waals surface area contributed by atoms with Gasteiger partial charge in [0.15, 0.2) is 0 Å². The second kappa shape index (κ2) is 8.44. The van der Waals surface area contributed by atoms with Crippen LogP contribution in [0.5, 0.6) is 0 Å². The van der Waals surface area contributed by atoms with Gasteiger partial charge in [0.25, 0.3) is 16.1 Å². The molecule has 3 rings (SSSR count). The number of nitrogens with zero attached hydrogens (tertiary/aromatic N) is 3. The Bertz CT molecular complexity index is 757. The Hall–Kier alpha value is -0.860. The number of benzene rings is 1. The van der Waals surface area contributed by atoms with Crippen molar-refractivity contribution in [2.45, 2.75) is 25.7 Å². The molecule has 0 spiro atoms. The van der Waals surface area contributed by atoms with E-state index in [2.05, 4.69) is 0 Å². The second-order valence-electron chi connectivity index (χ2n) is 6.64. The number of halogens is 2. The number of piperazine rings is 1. The molecule has 0 N–H and O–H groups in total. The van der Waals surface area contributed by atoms with E-state index in [-0.39, 0.29) is 5.91 Å². The third-order valence-electron chi connectivity index (χ3n) is 4.91. The molecule has 2 heterocycles. The van der Waals surface area contributed by atoms with Gasteiger partial charge in [-0.05, 0) is 31.0 Å². The maximum atomic E-state index is 12.8. The minimum Gasteiger partial charge on any atom is -0.336 e. The third kappa shape index (κ3) is 4.34. The molecule has 1 aromatic carbocycles. The van der Waals surface area contributed by atoms with Gasteiger partial charge in [0.2, 0.25) is 0 Å². The Labute approximate surface area is 164 Å². The van der Waals surface area contributed by atoms with Crippen LogP contribution < -0.4 is 0 Å². The smallest absolute Gasteiger partial charge is 0.282 e. The summed E-state index contributed by atoms with van der Waals surface area (Å²) in [4.78, 5) is 14.3. The average molecular weight is 420 g/mol. The molecule has 1 amide bonds. The lowest BCUT2D eigenvalue weighted by atomic mass is 10.2. The van der Waals surface area contributed by atoms with Crippen LogP contribution in [-0.2, 0) is 10.2 Å². The largest absolute Gasteiger partial charge is 0.336 e. The van der Waals surface area contributed by atoms with Crippen LogP contribution in [0.1, 0.15) is 36.0 Å². The number of rotatable bonds is 3. The predicted octanol–water partition coefficient (Wildman–Crippen LogP) is 2.87. The third-order valence-corrected chi connectivity index (χ3v) is 7.68. The topological polar surface area (TPSA) is 60.9 Å². The molecule has 2 aliphatic heterocycles. The van der Waals surface area contributed by atoms with Gasteiger partial charge >= 0.3 is 0 Å². The van der Waals surface area contributed by atoms with E-state index in [9.17, 15) is 13.2 Å². The van der Waals surface area contributed by atoms with Gasteiger partial charge in [0, 0.05) is 44.8 Å². The van der Waals surface area contributed by atoms with Crippen LogP contribution in [0.4, 0.5) is 0 Å². The molecule has 0 aromatic heterocycles. The first-order valence-corrected chi connectivity index (χ1v) is 11.0. The Balaban J connectivity index is 1.62. The van der Waals surface area contributed by atoms with Gasteiger partial charge in [-0.1, -0.05) is 36.0 Å². The number of carbonyl (C=O) groups excluding carboxylic acids is 1. The van der Waals surface area contributed by atoms with Crippen LogP contribution in [0, 0.1) is 0 Å². The van der Waals surface area contributed by atoms with E-state index >= 15 is 0 Å². The van der Waals surface area contributed by atoms with Crippen LogP contribution in [0.25, 0.3) is 0 Å². The minimum atomic E-state index is -3.44. The predicted molar refractivity (Wildman–Crippen MR) is 103 cm³/mol. The first-order valence-electron chi connectivity index (χ1n) is 8.89. The monoisotopic (exact) mass is 419 g/mol. The molecular weight excluding hydrogens is 397 g/mol. The molecule has 0 saturated carbocycles. The summed E-state index contributed by atoms with van der Waals surface area (Å²) in [5, 5.41) is 0.733. The molecule has 6 nitrogen and oxygen atoms in total. The normalized spacial score (nSPS) is 20.8. The van der Waals surface area contributed by atoms with Crippen molar-refractivity contribution in [1.82, 2.24) is 13.5 Å². The number of hydrogen-bond donors (Lipinski definition) is 0. The van der Waals surface area contributed by atoms with Gasteiger partial charge < -0.3 is 4.90 Å². The SMILES string of the molecule is O=C(c1ccc(Cl)c(Cl)c1)N1CCN(S(=O)(=O)N2CCCCCC2)CC1. The maximum Gasteiger partial charge on any atom is 0.282 e. The maximum absolute atomic E-state index is 12.8. The minimum absolute atomic E-state index is 0.157. The van der Waals surface area contributed by atoms with Crippen molar-refractivity contribution in [2.75, 3.05) is 39.3 Å². The fourth-order valence-electron chi connectivity index (χ4n) is 3.37. The van der Waals surface area contributed by atoms with Gasteiger partial charge in [-0.15, -0.1) is 0 Å². The molecule has 1 aromatic rings. The first kappa shape index (κ1) is 19.9. The molecule has 2 saturated heterocycles. The highest BCUT2D eigenvalue weighted by molar-refractivity contribution is 7.86. The highest BCUT2D eigenvalue weighted by atomic mass is 35.5. The molecule has 144 valence electrons. The van der Waals surface area contributed by atoms with Crippen molar-refractivity contribution < 1.29 is 13.2 Å². The Morgan fingerprint density at radius 3 is 1.96 bits per heavy atom. The summed E-state index contributed by atoms with van der Waals surface area (Å²) in [5.41, 5.74) is 0.461. The quantitative estimate of drug-likeness (QED) is 0.756. The van der Waals surface area contributed by atoms with Gasteiger partial charge in [0.05, 0.1) is 10.0 Å². The molecule has 0 atom stereocenters. The molecule has 0 unspecified atom stereocenters. The van der Waals surface area contributed by atoms with Crippen molar-refractivity contribution in [2.24, 2.45) is 0 Å². The van der Waals surface area contributed by atoms with Crippen LogP contribution in [0.2, 0.25) is 10.0 Å². The molecule has 0 bridgehead atoms. The molecule has 9 heteroatoms. The molecule has 2 aliphatic rings. The first-order chi connectivity index (χ1) is 12.4. The van der Waals surface area contributed by atoms with E-state index in [1.165, 1.54) is 4.31 Å². The fraction of sp³-hybridized carbons (Fsp3) is 0.588. The lowest BCUT2D eigenvalue weighted by Crippen LogP contribution is -2.54. The van der Waals surface area contributed by atoms with Crippen molar-refractivity contribution in [3.63, 3.8) is 0 Å². The summed E-state index contributed by atoms with van der Waals surface area (Å²) < 4.78 is 28.8. The molecular formula is C17H23Cl2N3O3S. The van der Waals surface area contributed by atoms with Crippen molar-refractivity contribution in [3.05, 3.63) is 33.8 Å². The van der Waals surface area contributed by atoms with Crippen molar-refractivity contribution in [3.8, 4) is 0 Å². The average Bonchev–Trinajstić information content (AvgIpc) is 2.93. The summed E-state index contributed by atoms with van der Waals surface area (Å²) in [6.45, 7) is 2.53. The molecule has 0 radical (unpaired) electrons. The molecule has 26 heavy (non-hydrogen) atoms. The van der Waals surface area contributed by atoms with Crippen LogP contribution in [-0.4, -0.2) is 67.1 Å². The van der Waals surface area contributed by atoms with Gasteiger partial charge in [-0.3, -0.25) is 4.79 Å². The van der Waals surface area contributed by atoms with E-state index in [0.717, 1.165) is 25.7 Å². The standard InChI is InChI=1S/C17H23Cl2N3O3S/c18-15-6-5-14(13-16(15)19)17(23)20-9-11-22(12-10-20)26(24,25)21-7-3-1-2-4-8-21/h5-6,13H,1-4,7-12H2. The van der Waals surface area contributed by atoms with Crippen molar-refractivity contribution >= 4 is 39.3 Å². The van der Waals surface area contributed by atoms with Crippen LogP contribution in [0.3, 0.4) is 0 Å². The zero-order chi connectivity index (χ0) is 18.7. The lowest BCUT2D eigenvalue weighted by molar-refractivity contribution is 0.0694. The number of carbonyl (C=O) groups is 1. The van der Waals surface area contributed by atoms with Gasteiger partial charge in [0.1, 0.15) is 0 Å². The van der Waals surface area contributed by atoms with E-state index < -0.39 is 10.2 Å². The Morgan fingerprint density at radius 2 is 1.38 bits per heavy atom. The summed E-state index contributed by atoms with van der Waals surface area (Å²) >= 11 is 11.9. The van der Waals surface area contributed by atoms with Gasteiger partial charge in [-0.25, -0.2) is 0 Å². The Kier molecular flexibility index (Phi) is 6.45. The number of hydrogen-bond acceptors (Lipinski definition) is 3. The van der Waals surface area contributed by atoms with Crippen LogP contribution in [0.15, 0.2) is 18.2 Å². The summed E-state index contributed by atoms with van der Waals surface area (Å²) in [7, 11) is -3.44. The zero-order valence-electron chi connectivity index (χ0n) is 14.5. The lowest BCUT2D eigenvalue weighted by Gasteiger charge is -2.36. The van der Waals surface area contributed by atoms with Crippen molar-refractivity contribution in [1.29, 1.82) is 0 Å². The van der Waals surface area contributed by atoms with E-state index in [1.807, 2.05) is 0 Å². The van der Waals surface area contributed by atoms with Gasteiger partial charge in [-0.2, -0.15) is 17.0 Å². The van der Waals surface area contributed by atoms with Crippen LogP contribution >= 0.6 is 23.2 Å². The zero-order valence-corrected chi connectivity index (χ0v) is 16.9. The highest BCUT2D eigenvalue weighted by Gasteiger charge is 2.33. The highest BCUT2D eigenvalue weighted by Crippen LogP contribution is 2.24. The van der Waals surface area contributed by atoms with E-state index in [4.69, 9.17) is 23.2 Å². The molecule has 0 aliphatic carbocycles. The molecule has 2 fully saturated rings. The summed E-state index contributed by atoms with van der Waals surface area (Å²) in [6.07, 6.45) is 3.99. The summed E-state index contributed by atoms with van der Waals surface area (Å²) in [6, 6.07) is 4.78. The van der Waals surface area contributed by atoms with E-state index in [0.29, 0.717) is 54.9 Å². The Morgan fingerprint density at radius 1 is 0.808 bits per heavy atom. The second-order valence-corrected chi connectivity index (χ2v) is 9.38. The fourth-order valence-corrected chi connectivity index (χ4v) is 5.34. The summed E-state index contributed by atoms with van der Waals surface area (Å²) in [5.74, 6) is -0.157.